The lowest BCUT2D eigenvalue weighted by molar-refractivity contribution is -0.123. The van der Waals surface area contributed by atoms with E-state index in [0.29, 0.717) is 29.6 Å². The highest BCUT2D eigenvalue weighted by Crippen LogP contribution is 2.38. The summed E-state index contributed by atoms with van der Waals surface area (Å²) in [6.07, 6.45) is 1.75. The summed E-state index contributed by atoms with van der Waals surface area (Å²) in [5, 5.41) is 1.84. The fourth-order valence-electron chi connectivity index (χ4n) is 4.38. The van der Waals surface area contributed by atoms with Crippen LogP contribution in [0.15, 0.2) is 83.8 Å². The summed E-state index contributed by atoms with van der Waals surface area (Å²) in [5.74, 6) is 0.979. The van der Waals surface area contributed by atoms with Crippen molar-refractivity contribution in [2.75, 3.05) is 6.61 Å². The van der Waals surface area contributed by atoms with Crippen LogP contribution in [0.2, 0.25) is 0 Å². The molecule has 4 aromatic carbocycles. The van der Waals surface area contributed by atoms with E-state index in [2.05, 4.69) is 35.6 Å². The number of carbonyl (C=O) groups is 2. The van der Waals surface area contributed by atoms with Gasteiger partial charge in [-0.1, -0.05) is 66.7 Å². The highest BCUT2D eigenvalue weighted by Gasteiger charge is 2.35. The third-order valence-corrected chi connectivity index (χ3v) is 8.05. The van der Waals surface area contributed by atoms with Crippen LogP contribution in [-0.2, 0) is 17.9 Å². The fourth-order valence-corrected chi connectivity index (χ4v) is 6.00. The number of hydrogen-bond donors (Lipinski definition) is 0. The van der Waals surface area contributed by atoms with E-state index in [-0.39, 0.29) is 17.7 Å². The van der Waals surface area contributed by atoms with Crippen molar-refractivity contribution in [2.45, 2.75) is 27.0 Å². The summed E-state index contributed by atoms with van der Waals surface area (Å²) < 4.78 is 12.9. The first-order valence-electron chi connectivity index (χ1n) is 12.3. The van der Waals surface area contributed by atoms with Crippen LogP contribution in [0.1, 0.15) is 29.2 Å². The zero-order valence-electron chi connectivity index (χ0n) is 21.1. The zero-order valence-corrected chi connectivity index (χ0v) is 24.0. The molecule has 0 aliphatic carbocycles. The average Bonchev–Trinajstić information content (AvgIpc) is 3.16. The maximum Gasteiger partial charge on any atom is 0.293 e. The monoisotopic (exact) mass is 635 g/mol. The van der Waals surface area contributed by atoms with Crippen LogP contribution in [0.3, 0.4) is 0 Å². The SMILES string of the molecule is CCOc1cc(/C=C2\SC(=O)N(Cc3cccc4ccccc34)C2=O)cc(I)c1OCc1ccccc1C. The maximum absolute atomic E-state index is 13.3. The number of fused-ring (bicyclic) bond motifs is 1. The minimum atomic E-state index is -0.291. The van der Waals surface area contributed by atoms with E-state index in [1.807, 2.05) is 79.7 Å². The molecule has 0 spiro atoms. The Hall–Kier alpha value is -3.30. The third-order valence-electron chi connectivity index (χ3n) is 6.34. The quantitative estimate of drug-likeness (QED) is 0.145. The Balaban J connectivity index is 1.39. The maximum atomic E-state index is 13.3. The van der Waals surface area contributed by atoms with Crippen LogP contribution in [0.25, 0.3) is 16.8 Å². The molecule has 0 atom stereocenters. The van der Waals surface area contributed by atoms with Gasteiger partial charge < -0.3 is 9.47 Å². The van der Waals surface area contributed by atoms with E-state index in [0.717, 1.165) is 48.4 Å². The minimum Gasteiger partial charge on any atom is -0.490 e. The predicted molar refractivity (Wildman–Crippen MR) is 161 cm³/mol. The Morgan fingerprint density at radius 2 is 1.66 bits per heavy atom. The molecule has 0 saturated carbocycles. The lowest BCUT2D eigenvalue weighted by atomic mass is 10.0. The van der Waals surface area contributed by atoms with Gasteiger partial charge in [0.05, 0.1) is 21.6 Å². The van der Waals surface area contributed by atoms with Crippen LogP contribution in [0.5, 0.6) is 11.5 Å². The minimum absolute atomic E-state index is 0.233. The molecule has 1 aliphatic heterocycles. The van der Waals surface area contributed by atoms with Crippen molar-refractivity contribution in [3.8, 4) is 11.5 Å². The predicted octanol–water partition coefficient (Wildman–Crippen LogP) is 7.97. The van der Waals surface area contributed by atoms with Crippen molar-refractivity contribution in [3.05, 3.63) is 110 Å². The standard InChI is InChI=1S/C31H26INO4S/c1-3-36-27-16-21(15-26(32)29(27)37-19-24-11-5-4-9-20(24)2)17-28-30(34)33(31(35)38-28)18-23-13-8-12-22-10-6-7-14-25(22)23/h4-17H,3,18-19H2,1-2H3/b28-17-. The number of nitrogens with zero attached hydrogens (tertiary/aromatic N) is 1. The number of benzene rings is 4. The molecule has 1 heterocycles. The van der Waals surface area contributed by atoms with E-state index in [4.69, 9.17) is 9.47 Å². The zero-order chi connectivity index (χ0) is 26.6. The summed E-state index contributed by atoms with van der Waals surface area (Å²) in [5.41, 5.74) is 3.98. The van der Waals surface area contributed by atoms with Gasteiger partial charge in [0.15, 0.2) is 11.5 Å². The number of ether oxygens (including phenoxy) is 2. The third kappa shape index (κ3) is 5.59. The first-order valence-corrected chi connectivity index (χ1v) is 14.2. The molecule has 0 N–H and O–H groups in total. The van der Waals surface area contributed by atoms with Crippen molar-refractivity contribution >= 4 is 62.3 Å². The molecule has 38 heavy (non-hydrogen) atoms. The smallest absolute Gasteiger partial charge is 0.293 e. The van der Waals surface area contributed by atoms with Gasteiger partial charge >= 0.3 is 0 Å². The van der Waals surface area contributed by atoms with Crippen molar-refractivity contribution in [1.29, 1.82) is 0 Å². The first-order chi connectivity index (χ1) is 18.4. The molecule has 192 valence electrons. The first kappa shape index (κ1) is 26.3. The Morgan fingerprint density at radius 3 is 2.47 bits per heavy atom. The van der Waals surface area contributed by atoms with Gasteiger partial charge in [-0.05, 0) is 99.4 Å². The fraction of sp³-hybridized carbons (Fsp3) is 0.161. The molecule has 0 bridgehead atoms. The Labute approximate surface area is 240 Å². The Bertz CT molecular complexity index is 1560. The van der Waals surface area contributed by atoms with Gasteiger partial charge in [-0.15, -0.1) is 0 Å². The molecule has 0 radical (unpaired) electrons. The molecule has 1 aliphatic rings. The molecular formula is C31H26INO4S. The molecule has 4 aromatic rings. The lowest BCUT2D eigenvalue weighted by Gasteiger charge is -2.16. The van der Waals surface area contributed by atoms with Crippen molar-refractivity contribution < 1.29 is 19.1 Å². The normalized spacial score (nSPS) is 14.5. The number of imide groups is 1. The number of carbonyl (C=O) groups excluding carboxylic acids is 2. The largest absolute Gasteiger partial charge is 0.490 e. The molecule has 1 fully saturated rings. The molecule has 0 aromatic heterocycles. The van der Waals surface area contributed by atoms with Gasteiger partial charge in [-0.3, -0.25) is 14.5 Å². The van der Waals surface area contributed by atoms with Gasteiger partial charge in [0, 0.05) is 0 Å². The van der Waals surface area contributed by atoms with Crippen LogP contribution < -0.4 is 9.47 Å². The Morgan fingerprint density at radius 1 is 0.921 bits per heavy atom. The van der Waals surface area contributed by atoms with Gasteiger partial charge in [0.25, 0.3) is 11.1 Å². The Kier molecular flexibility index (Phi) is 8.04. The molecular weight excluding hydrogens is 609 g/mol. The van der Waals surface area contributed by atoms with E-state index in [1.165, 1.54) is 4.90 Å². The molecule has 5 rings (SSSR count). The summed E-state index contributed by atoms with van der Waals surface area (Å²) in [4.78, 5) is 27.8. The number of amides is 2. The topological polar surface area (TPSA) is 55.8 Å². The number of aryl methyl sites for hydroxylation is 1. The molecule has 0 unspecified atom stereocenters. The lowest BCUT2D eigenvalue weighted by Crippen LogP contribution is -2.27. The number of hydrogen-bond acceptors (Lipinski definition) is 5. The van der Waals surface area contributed by atoms with Crippen molar-refractivity contribution in [2.24, 2.45) is 0 Å². The molecule has 7 heteroatoms. The number of halogens is 1. The number of thioether (sulfide) groups is 1. The van der Waals surface area contributed by atoms with Crippen LogP contribution in [0.4, 0.5) is 4.79 Å². The average molecular weight is 636 g/mol. The second-order valence-electron chi connectivity index (χ2n) is 8.88. The van der Waals surface area contributed by atoms with Crippen LogP contribution in [-0.4, -0.2) is 22.7 Å². The van der Waals surface area contributed by atoms with Crippen LogP contribution >= 0.6 is 34.4 Å². The highest BCUT2D eigenvalue weighted by molar-refractivity contribution is 14.1. The summed E-state index contributed by atoms with van der Waals surface area (Å²) in [6.45, 7) is 5.11. The molecule has 1 saturated heterocycles. The summed E-state index contributed by atoms with van der Waals surface area (Å²) in [6, 6.07) is 25.8. The highest BCUT2D eigenvalue weighted by atomic mass is 127. The summed E-state index contributed by atoms with van der Waals surface area (Å²) in [7, 11) is 0. The van der Waals surface area contributed by atoms with E-state index < -0.39 is 0 Å². The van der Waals surface area contributed by atoms with Gasteiger partial charge in [-0.2, -0.15) is 0 Å². The molecule has 2 amide bonds. The van der Waals surface area contributed by atoms with Gasteiger partial charge in [0.2, 0.25) is 0 Å². The number of rotatable bonds is 8. The van der Waals surface area contributed by atoms with E-state index >= 15 is 0 Å². The summed E-state index contributed by atoms with van der Waals surface area (Å²) >= 11 is 3.19. The van der Waals surface area contributed by atoms with Crippen molar-refractivity contribution in [3.63, 3.8) is 0 Å². The van der Waals surface area contributed by atoms with Gasteiger partial charge in [0.1, 0.15) is 6.61 Å². The molecule has 5 nitrogen and oxygen atoms in total. The van der Waals surface area contributed by atoms with Crippen molar-refractivity contribution in [1.82, 2.24) is 4.90 Å². The second kappa shape index (κ2) is 11.6. The van der Waals surface area contributed by atoms with E-state index in [9.17, 15) is 9.59 Å². The van der Waals surface area contributed by atoms with E-state index in [1.54, 1.807) is 6.08 Å². The second-order valence-corrected chi connectivity index (χ2v) is 11.0. The van der Waals surface area contributed by atoms with Gasteiger partial charge in [-0.25, -0.2) is 0 Å². The van der Waals surface area contributed by atoms with Crippen LogP contribution in [0, 0.1) is 10.5 Å².